The Bertz CT molecular complexity index is 664. The third-order valence-electron chi connectivity index (χ3n) is 2.43. The van der Waals surface area contributed by atoms with E-state index in [-0.39, 0.29) is 5.82 Å². The Kier molecular flexibility index (Phi) is 4.63. The number of alkyl halides is 6. The topological polar surface area (TPSA) is 65.7 Å². The van der Waals surface area contributed by atoms with Gasteiger partial charge in [-0.25, -0.2) is 24.0 Å². The molecule has 0 saturated heterocycles. The number of hydrogen-bond acceptors (Lipinski definition) is 5. The van der Waals surface area contributed by atoms with Crippen LogP contribution in [-0.4, -0.2) is 49.6 Å². The van der Waals surface area contributed by atoms with Crippen LogP contribution in [0.4, 0.5) is 26.3 Å². The van der Waals surface area contributed by atoms with Crippen LogP contribution in [0.1, 0.15) is 0 Å². The first-order valence-electron chi connectivity index (χ1n) is 5.70. The molecule has 126 valence electrons. The molecule has 0 fully saturated rings. The van der Waals surface area contributed by atoms with E-state index >= 15 is 0 Å². The van der Waals surface area contributed by atoms with Crippen molar-refractivity contribution in [2.45, 2.75) is 18.3 Å². The molecule has 0 aliphatic heterocycles. The van der Waals surface area contributed by atoms with Crippen LogP contribution in [0.15, 0.2) is 19.0 Å². The van der Waals surface area contributed by atoms with Gasteiger partial charge in [0.05, 0.1) is 0 Å². The molecule has 2 rings (SSSR count). The first-order valence-corrected chi connectivity index (χ1v) is 6.07. The van der Waals surface area contributed by atoms with Crippen LogP contribution in [0, 0.1) is 0 Å². The molecule has 2 heterocycles. The van der Waals surface area contributed by atoms with Crippen molar-refractivity contribution in [2.75, 3.05) is 6.61 Å². The maximum Gasteiger partial charge on any atom is 0.425 e. The van der Waals surface area contributed by atoms with Gasteiger partial charge in [0.25, 0.3) is 6.17 Å². The Morgan fingerprint density at radius 2 is 1.87 bits per heavy atom. The average Bonchev–Trinajstić information content (AvgIpc) is 2.98. The van der Waals surface area contributed by atoms with Crippen LogP contribution in [0.5, 0.6) is 5.88 Å². The quantitative estimate of drug-likeness (QED) is 0.766. The van der Waals surface area contributed by atoms with Crippen LogP contribution < -0.4 is 4.74 Å². The lowest BCUT2D eigenvalue weighted by atomic mass is 10.2. The second-order valence-electron chi connectivity index (χ2n) is 4.11. The Balaban J connectivity index is 2.17. The Morgan fingerprint density at radius 1 is 1.17 bits per heavy atom. The maximum absolute atomic E-state index is 13.2. The highest BCUT2D eigenvalue weighted by Gasteiger charge is 2.57. The molecular weight excluding hydrogens is 356 g/mol. The minimum absolute atomic E-state index is 0.106. The maximum atomic E-state index is 13.2. The van der Waals surface area contributed by atoms with Crippen molar-refractivity contribution < 1.29 is 31.1 Å². The number of ether oxygens (including phenoxy) is 1. The van der Waals surface area contributed by atoms with Gasteiger partial charge in [0, 0.05) is 0 Å². The van der Waals surface area contributed by atoms with Gasteiger partial charge in [-0.15, -0.1) is 0 Å². The van der Waals surface area contributed by atoms with Crippen molar-refractivity contribution in [2.24, 2.45) is 0 Å². The van der Waals surface area contributed by atoms with Gasteiger partial charge in [0.2, 0.25) is 5.88 Å². The minimum atomic E-state index is -5.73. The van der Waals surface area contributed by atoms with Crippen molar-refractivity contribution in [3.8, 4) is 11.7 Å². The normalized spacial score (nSPS) is 13.9. The molecule has 0 bridgehead atoms. The third-order valence-corrected chi connectivity index (χ3v) is 2.77. The summed E-state index contributed by atoms with van der Waals surface area (Å²) in [6.45, 7) is -1.92. The minimum Gasteiger partial charge on any atom is -0.470 e. The summed E-state index contributed by atoms with van der Waals surface area (Å²) < 4.78 is 80.6. The fourth-order valence-corrected chi connectivity index (χ4v) is 1.64. The van der Waals surface area contributed by atoms with Gasteiger partial charge < -0.3 is 4.74 Å². The van der Waals surface area contributed by atoms with Crippen molar-refractivity contribution in [3.05, 3.63) is 24.0 Å². The monoisotopic (exact) mass is 361 g/mol. The van der Waals surface area contributed by atoms with Gasteiger partial charge in [-0.1, -0.05) is 11.6 Å². The van der Waals surface area contributed by atoms with Gasteiger partial charge in [0.15, 0.2) is 12.4 Å². The van der Waals surface area contributed by atoms with Gasteiger partial charge in [0.1, 0.15) is 24.0 Å². The molecule has 23 heavy (non-hydrogen) atoms. The van der Waals surface area contributed by atoms with E-state index in [9.17, 15) is 26.3 Å². The summed E-state index contributed by atoms with van der Waals surface area (Å²) in [6.07, 6.45) is -6.95. The van der Waals surface area contributed by atoms with E-state index in [0.717, 1.165) is 17.3 Å². The van der Waals surface area contributed by atoms with Crippen LogP contribution in [0.2, 0.25) is 5.02 Å². The molecule has 0 amide bonds. The molecule has 0 saturated carbocycles. The number of hydrogen-bond donors (Lipinski definition) is 0. The highest BCUT2D eigenvalue weighted by molar-refractivity contribution is 6.33. The summed E-state index contributed by atoms with van der Waals surface area (Å²) in [5, 5.41) is 3.27. The number of aromatic nitrogens is 5. The predicted molar refractivity (Wildman–Crippen MR) is 63.4 cm³/mol. The third kappa shape index (κ3) is 3.81. The molecule has 2 aromatic heterocycles. The first-order chi connectivity index (χ1) is 10.6. The molecule has 0 aliphatic rings. The number of rotatable bonds is 5. The fraction of sp³-hybridized carbons (Fsp3) is 0.400. The van der Waals surface area contributed by atoms with Gasteiger partial charge in [-0.2, -0.15) is 27.1 Å². The molecule has 0 radical (unpaired) electrons. The van der Waals surface area contributed by atoms with Gasteiger partial charge in [-0.3, -0.25) is 0 Å². The van der Waals surface area contributed by atoms with E-state index in [1.165, 1.54) is 6.33 Å². The summed E-state index contributed by atoms with van der Waals surface area (Å²) >= 11 is 5.80. The molecule has 6 nitrogen and oxygen atoms in total. The SMILES string of the molecule is FC(C(F)(F)F)C(F)(F)COc1ncnc(-n2cncn2)c1Cl. The molecule has 2 aromatic rings. The predicted octanol–water partition coefficient (Wildman–Crippen LogP) is 2.63. The van der Waals surface area contributed by atoms with Gasteiger partial charge in [-0.05, 0) is 0 Å². The zero-order valence-electron chi connectivity index (χ0n) is 10.8. The molecule has 0 spiro atoms. The fourth-order valence-electron chi connectivity index (χ4n) is 1.40. The van der Waals surface area contributed by atoms with Crippen LogP contribution in [-0.2, 0) is 0 Å². The standard InChI is InChI=1S/C10H6ClF6N5O/c11-5-6(22-4-18-2-21-22)19-3-20-7(5)23-1-9(13,14)8(12)10(15,16)17/h2-4,8H,1H2. The van der Waals surface area contributed by atoms with Crippen molar-refractivity contribution in [3.63, 3.8) is 0 Å². The molecule has 13 heteroatoms. The van der Waals surface area contributed by atoms with Crippen molar-refractivity contribution >= 4 is 11.6 Å². The molecular formula is C10H6ClF6N5O. The zero-order chi connectivity index (χ0) is 17.3. The summed E-state index contributed by atoms with van der Waals surface area (Å²) in [6, 6.07) is 0. The second-order valence-corrected chi connectivity index (χ2v) is 4.49. The number of nitrogens with zero attached hydrogens (tertiary/aromatic N) is 5. The molecule has 1 unspecified atom stereocenters. The lowest BCUT2D eigenvalue weighted by molar-refractivity contribution is -0.250. The Hall–Kier alpha value is -2.11. The first kappa shape index (κ1) is 17.2. The Labute approximate surface area is 129 Å². The zero-order valence-corrected chi connectivity index (χ0v) is 11.6. The van der Waals surface area contributed by atoms with E-state index in [1.807, 2.05) is 0 Å². The van der Waals surface area contributed by atoms with E-state index in [2.05, 4.69) is 24.8 Å². The van der Waals surface area contributed by atoms with E-state index in [4.69, 9.17) is 11.6 Å². The Morgan fingerprint density at radius 3 is 2.43 bits per heavy atom. The smallest absolute Gasteiger partial charge is 0.425 e. The second kappa shape index (κ2) is 6.18. The molecule has 1 atom stereocenters. The lowest BCUT2D eigenvalue weighted by Gasteiger charge is -2.22. The van der Waals surface area contributed by atoms with Gasteiger partial charge >= 0.3 is 12.1 Å². The summed E-state index contributed by atoms with van der Waals surface area (Å²) in [5.41, 5.74) is 0. The lowest BCUT2D eigenvalue weighted by Crippen LogP contribution is -2.45. The largest absolute Gasteiger partial charge is 0.470 e. The summed E-state index contributed by atoms with van der Waals surface area (Å²) in [4.78, 5) is 10.7. The highest BCUT2D eigenvalue weighted by atomic mass is 35.5. The summed E-state index contributed by atoms with van der Waals surface area (Å²) in [7, 11) is 0. The molecule has 0 aromatic carbocycles. The number of halogens is 7. The molecule has 0 aliphatic carbocycles. The molecule has 0 N–H and O–H groups in total. The van der Waals surface area contributed by atoms with Crippen molar-refractivity contribution in [1.29, 1.82) is 0 Å². The van der Waals surface area contributed by atoms with Crippen LogP contribution in [0.25, 0.3) is 5.82 Å². The van der Waals surface area contributed by atoms with E-state index in [0.29, 0.717) is 0 Å². The van der Waals surface area contributed by atoms with E-state index in [1.54, 1.807) is 0 Å². The average molecular weight is 362 g/mol. The highest BCUT2D eigenvalue weighted by Crippen LogP contribution is 2.36. The van der Waals surface area contributed by atoms with E-state index < -0.39 is 35.8 Å². The van der Waals surface area contributed by atoms with Crippen LogP contribution in [0.3, 0.4) is 0 Å². The summed E-state index contributed by atoms with van der Waals surface area (Å²) in [5.74, 6) is -5.58. The van der Waals surface area contributed by atoms with Crippen molar-refractivity contribution in [1.82, 2.24) is 24.7 Å². The van der Waals surface area contributed by atoms with Crippen LogP contribution >= 0.6 is 11.6 Å².